The molecule has 0 radical (unpaired) electrons. The summed E-state index contributed by atoms with van der Waals surface area (Å²) >= 11 is 0. The lowest BCUT2D eigenvalue weighted by Gasteiger charge is -2.70. The molecule has 5 saturated carbocycles. The van der Waals surface area contributed by atoms with Crippen molar-refractivity contribution in [2.45, 2.75) is 87.1 Å². The fourth-order valence-corrected chi connectivity index (χ4v) is 13.3. The lowest BCUT2D eigenvalue weighted by molar-refractivity contribution is -0.326. The summed E-state index contributed by atoms with van der Waals surface area (Å²) in [5.74, 6) is -1.42. The first kappa shape index (κ1) is 33.7. The number of likely N-dealkylation sites (tertiary alicyclic amines) is 1. The normalized spacial score (nSPS) is 46.4. The molecule has 7 bridgehead atoms. The molecule has 7 aliphatic rings. The zero-order chi connectivity index (χ0) is 34.7. The predicted octanol–water partition coefficient (Wildman–Crippen LogP) is 2.44. The van der Waals surface area contributed by atoms with E-state index in [0.717, 1.165) is 17.7 Å². The summed E-state index contributed by atoms with van der Waals surface area (Å²) in [4.78, 5) is 42.9. The van der Waals surface area contributed by atoms with Gasteiger partial charge in [-0.25, -0.2) is 9.69 Å². The first-order valence-electron chi connectivity index (χ1n) is 17.8. The van der Waals surface area contributed by atoms with Gasteiger partial charge in [-0.15, -0.1) is 0 Å². The number of esters is 1. The number of benzene rings is 1. The fourth-order valence-electron chi connectivity index (χ4n) is 13.3. The molecule has 2 saturated heterocycles. The summed E-state index contributed by atoms with van der Waals surface area (Å²) < 4.78 is 38.6. The Kier molecular flexibility index (Phi) is 7.92. The first-order chi connectivity index (χ1) is 23.6. The van der Waals surface area contributed by atoms with Crippen LogP contribution in [0.15, 0.2) is 24.3 Å². The van der Waals surface area contributed by atoms with Gasteiger partial charge in [-0.3, -0.25) is 14.5 Å². The summed E-state index contributed by atoms with van der Waals surface area (Å²) in [7, 11) is 8.65. The zero-order valence-corrected chi connectivity index (χ0v) is 29.4. The number of anilines is 1. The topological polar surface area (TPSA) is 133 Å². The molecular formula is C37H50N2O10. The summed E-state index contributed by atoms with van der Waals surface area (Å²) in [6.45, 7) is 3.46. The molecule has 12 heteroatoms. The van der Waals surface area contributed by atoms with Crippen molar-refractivity contribution in [1.29, 1.82) is 0 Å². The van der Waals surface area contributed by atoms with Crippen molar-refractivity contribution in [3.63, 3.8) is 0 Å². The van der Waals surface area contributed by atoms with Gasteiger partial charge >= 0.3 is 5.97 Å². The molecule has 7 fully saturated rings. The smallest absolute Gasteiger partial charge is 0.340 e. The highest BCUT2D eigenvalue weighted by Gasteiger charge is 2.92. The van der Waals surface area contributed by atoms with Gasteiger partial charge in [0.1, 0.15) is 11.2 Å². The van der Waals surface area contributed by atoms with Crippen LogP contribution in [0.2, 0.25) is 0 Å². The Morgan fingerprint density at radius 3 is 2.37 bits per heavy atom. The molecule has 5 aliphatic carbocycles. The number of methoxy groups -OCH3 is 5. The number of rotatable bonds is 10. The van der Waals surface area contributed by atoms with Crippen LogP contribution in [0.3, 0.4) is 0 Å². The quantitative estimate of drug-likeness (QED) is 0.288. The number of fused-ring (bicyclic) bond motifs is 2. The second kappa shape index (κ2) is 11.5. The lowest BCUT2D eigenvalue weighted by Crippen LogP contribution is -2.82. The molecule has 12 nitrogen and oxygen atoms in total. The molecule has 268 valence electrons. The van der Waals surface area contributed by atoms with Gasteiger partial charge in [0.2, 0.25) is 11.8 Å². The number of piperidine rings is 1. The molecule has 49 heavy (non-hydrogen) atoms. The second-order valence-corrected chi connectivity index (χ2v) is 15.6. The molecule has 2 heterocycles. The van der Waals surface area contributed by atoms with E-state index in [9.17, 15) is 19.5 Å². The maximum Gasteiger partial charge on any atom is 0.340 e. The van der Waals surface area contributed by atoms with Crippen molar-refractivity contribution in [3.8, 4) is 0 Å². The Balaban J connectivity index is 1.25. The van der Waals surface area contributed by atoms with E-state index in [4.69, 9.17) is 28.4 Å². The van der Waals surface area contributed by atoms with Crippen molar-refractivity contribution in [2.75, 3.05) is 60.1 Å². The number of amides is 2. The van der Waals surface area contributed by atoms with Crippen LogP contribution in [0.25, 0.3) is 0 Å². The third kappa shape index (κ3) is 3.86. The molecule has 1 aromatic carbocycles. The number of aliphatic hydroxyl groups is 1. The van der Waals surface area contributed by atoms with Gasteiger partial charge in [0.25, 0.3) is 0 Å². The van der Waals surface area contributed by atoms with Crippen molar-refractivity contribution in [1.82, 2.24) is 4.90 Å². The van der Waals surface area contributed by atoms with E-state index < -0.39 is 34.1 Å². The standard InChI is InChI=1S/C37H50N2O10/c1-7-38-18-34(19-49-32(42)20-10-8-9-11-23(20)39-26(40)12-13-27(39)41)15-14-25(45-3)36-22-16-21-24(44-2)17-35(48-6,28(22)29(21)46-4)37(43,33(36)38)31(47-5)30(34)36/h8-11,21-22,24-25,28-31,33,43H,7,12-19H2,1-6H3/t21-,22-,24+,25+,28-,29+,30-,31+,33+,34-,35-,36+,37+/m1/s1. The average molecular weight is 683 g/mol. The third-order valence-corrected chi connectivity index (χ3v) is 14.5. The number of hydrogen-bond acceptors (Lipinski definition) is 11. The summed E-state index contributed by atoms with van der Waals surface area (Å²) in [5, 5.41) is 13.8. The molecule has 8 rings (SSSR count). The Bertz CT molecular complexity index is 1520. The predicted molar refractivity (Wildman–Crippen MR) is 175 cm³/mol. The molecule has 2 amide bonds. The van der Waals surface area contributed by atoms with Crippen LogP contribution in [0.5, 0.6) is 0 Å². The molecule has 13 atom stereocenters. The van der Waals surface area contributed by atoms with Crippen LogP contribution in [0.1, 0.15) is 55.8 Å². The van der Waals surface area contributed by atoms with Gasteiger partial charge in [-0.2, -0.15) is 0 Å². The molecule has 1 aromatic rings. The lowest BCUT2D eigenvalue weighted by atomic mass is 9.42. The van der Waals surface area contributed by atoms with E-state index in [1.54, 1.807) is 59.8 Å². The van der Waals surface area contributed by atoms with Crippen LogP contribution in [-0.4, -0.2) is 125 Å². The molecule has 1 spiro atoms. The summed E-state index contributed by atoms with van der Waals surface area (Å²) in [6, 6.07) is 6.31. The SMILES string of the molecule is CCN1C[C@@]2(COC(=O)c3ccccc3N3C(=O)CCC3=O)CC[C@H](OC)[C@@]34[C@@H]5C[C@H]6[C@H](OC)[C@@H]5[C@](OC)(C[C@@H]6OC)[C@](O)([C@@H](OC)[C@H]23)[C@@H]14. The molecule has 1 N–H and O–H groups in total. The van der Waals surface area contributed by atoms with Gasteiger partial charge in [-0.05, 0) is 43.9 Å². The summed E-state index contributed by atoms with van der Waals surface area (Å²) in [5.41, 5.74) is -3.21. The van der Waals surface area contributed by atoms with E-state index >= 15 is 0 Å². The summed E-state index contributed by atoms with van der Waals surface area (Å²) in [6.07, 6.45) is 1.84. The number of carbonyl (C=O) groups excluding carboxylic acids is 3. The second-order valence-electron chi connectivity index (χ2n) is 15.6. The highest BCUT2D eigenvalue weighted by Crippen LogP contribution is 2.81. The third-order valence-electron chi connectivity index (χ3n) is 14.5. The Morgan fingerprint density at radius 2 is 1.73 bits per heavy atom. The number of nitrogens with zero attached hydrogens (tertiary/aromatic N) is 2. The van der Waals surface area contributed by atoms with Crippen molar-refractivity contribution < 1.29 is 47.9 Å². The molecular weight excluding hydrogens is 632 g/mol. The number of hydrogen-bond donors (Lipinski definition) is 1. The molecule has 0 unspecified atom stereocenters. The minimum atomic E-state index is -1.46. The first-order valence-corrected chi connectivity index (χ1v) is 17.8. The minimum absolute atomic E-state index is 0.0561. The van der Waals surface area contributed by atoms with Crippen LogP contribution in [0, 0.1) is 34.5 Å². The van der Waals surface area contributed by atoms with Crippen molar-refractivity contribution >= 4 is 23.5 Å². The van der Waals surface area contributed by atoms with E-state index in [2.05, 4.69) is 11.8 Å². The van der Waals surface area contributed by atoms with Gasteiger partial charge < -0.3 is 33.5 Å². The number of likely N-dealkylation sites (N-methyl/N-ethyl adjacent to an activating group) is 1. The maximum absolute atomic E-state index is 14.0. The number of imide groups is 1. The van der Waals surface area contributed by atoms with Crippen molar-refractivity contribution in [3.05, 3.63) is 29.8 Å². The highest BCUT2D eigenvalue weighted by atomic mass is 16.6. The van der Waals surface area contributed by atoms with Crippen LogP contribution in [0.4, 0.5) is 5.69 Å². The van der Waals surface area contributed by atoms with Gasteiger partial charge in [-0.1, -0.05) is 19.1 Å². The van der Waals surface area contributed by atoms with E-state index in [-0.39, 0.29) is 90.5 Å². The Labute approximate surface area is 287 Å². The Hall–Kier alpha value is -2.45. The number of ether oxygens (including phenoxy) is 6. The minimum Gasteiger partial charge on any atom is -0.461 e. The van der Waals surface area contributed by atoms with Gasteiger partial charge in [0.15, 0.2) is 0 Å². The maximum atomic E-state index is 14.0. The molecule has 0 aromatic heterocycles. The van der Waals surface area contributed by atoms with E-state index in [1.807, 2.05) is 0 Å². The van der Waals surface area contributed by atoms with E-state index in [0.29, 0.717) is 25.9 Å². The molecule has 2 aliphatic heterocycles. The highest BCUT2D eigenvalue weighted by molar-refractivity contribution is 6.21. The van der Waals surface area contributed by atoms with Crippen molar-refractivity contribution in [2.24, 2.45) is 34.5 Å². The average Bonchev–Trinajstić information content (AvgIpc) is 3.68. The number of carbonyl (C=O) groups is 3. The zero-order valence-electron chi connectivity index (χ0n) is 29.4. The van der Waals surface area contributed by atoms with Gasteiger partial charge in [0.05, 0.1) is 48.3 Å². The van der Waals surface area contributed by atoms with Gasteiger partial charge in [0, 0.05) is 89.9 Å². The van der Waals surface area contributed by atoms with Crippen LogP contribution >= 0.6 is 0 Å². The van der Waals surface area contributed by atoms with Crippen LogP contribution < -0.4 is 4.90 Å². The Morgan fingerprint density at radius 1 is 1.00 bits per heavy atom. The van der Waals surface area contributed by atoms with Crippen LogP contribution in [-0.2, 0) is 38.0 Å². The largest absolute Gasteiger partial charge is 0.461 e. The fraction of sp³-hybridized carbons (Fsp3) is 0.757. The monoisotopic (exact) mass is 682 g/mol. The number of para-hydroxylation sites is 1. The van der Waals surface area contributed by atoms with E-state index in [1.165, 1.54) is 0 Å².